The summed E-state index contributed by atoms with van der Waals surface area (Å²) in [6.07, 6.45) is 2.16. The number of amides is 1. The molecule has 1 atom stereocenters. The van der Waals surface area contributed by atoms with E-state index in [1.165, 1.54) is 19.1 Å². The Morgan fingerprint density at radius 3 is 2.64 bits per heavy atom. The van der Waals surface area contributed by atoms with E-state index in [9.17, 15) is 18.0 Å². The molecular weight excluding hydrogens is 306 g/mol. The highest BCUT2D eigenvalue weighted by atomic mass is 32.2. The Hall–Kier alpha value is -1.89. The van der Waals surface area contributed by atoms with Crippen molar-refractivity contribution in [2.75, 3.05) is 6.26 Å². The van der Waals surface area contributed by atoms with Gasteiger partial charge in [0.15, 0.2) is 15.9 Å². The van der Waals surface area contributed by atoms with Gasteiger partial charge in [-0.1, -0.05) is 12.1 Å². The van der Waals surface area contributed by atoms with Gasteiger partial charge in [-0.2, -0.15) is 0 Å². The third-order valence-corrected chi connectivity index (χ3v) is 4.03. The van der Waals surface area contributed by atoms with Crippen molar-refractivity contribution >= 4 is 21.7 Å². The van der Waals surface area contributed by atoms with Crippen LogP contribution in [0.4, 0.5) is 0 Å². The van der Waals surface area contributed by atoms with Crippen LogP contribution in [0, 0.1) is 0 Å². The van der Waals surface area contributed by atoms with E-state index in [0.29, 0.717) is 5.56 Å². The average molecular weight is 325 g/mol. The summed E-state index contributed by atoms with van der Waals surface area (Å²) in [7, 11) is -3.18. The van der Waals surface area contributed by atoms with E-state index in [2.05, 4.69) is 5.32 Å². The maximum absolute atomic E-state index is 12.0. The molecule has 7 heteroatoms. The molecule has 0 heterocycles. The highest BCUT2D eigenvalue weighted by Crippen LogP contribution is 2.19. The Kier molecular flexibility index (Phi) is 4.85. The second kappa shape index (κ2) is 6.48. The summed E-state index contributed by atoms with van der Waals surface area (Å²) in [5.74, 6) is -1.11. The highest BCUT2D eigenvalue weighted by molar-refractivity contribution is 7.89. The molecule has 1 aromatic rings. The van der Waals surface area contributed by atoms with E-state index in [0.717, 1.165) is 19.1 Å². The summed E-state index contributed by atoms with van der Waals surface area (Å²) < 4.78 is 27.7. The monoisotopic (exact) mass is 325 g/mol. The average Bonchev–Trinajstić information content (AvgIpc) is 3.20. The number of benzene rings is 1. The fourth-order valence-corrected chi connectivity index (χ4v) is 2.70. The Labute approximate surface area is 129 Å². The standard InChI is InChI=1S/C15H19NO5S/c1-10(14(17)16-13-6-7-13)21-15(18)12-5-3-4-11(8-12)9-22(2,19)20/h3-5,8,10,13H,6-7,9H2,1-2H3,(H,16,17)/t10-/m1/s1. The molecule has 0 saturated heterocycles. The van der Waals surface area contributed by atoms with Gasteiger partial charge in [0, 0.05) is 12.3 Å². The summed E-state index contributed by atoms with van der Waals surface area (Å²) >= 11 is 0. The van der Waals surface area contributed by atoms with Crippen LogP contribution in [0.15, 0.2) is 24.3 Å². The molecule has 0 spiro atoms. The van der Waals surface area contributed by atoms with Gasteiger partial charge in [-0.3, -0.25) is 4.79 Å². The van der Waals surface area contributed by atoms with Crippen LogP contribution in [0.1, 0.15) is 35.7 Å². The second-order valence-electron chi connectivity index (χ2n) is 5.60. The SMILES string of the molecule is C[C@@H](OC(=O)c1cccc(CS(C)(=O)=O)c1)C(=O)NC1CC1. The van der Waals surface area contributed by atoms with Gasteiger partial charge in [-0.25, -0.2) is 13.2 Å². The minimum Gasteiger partial charge on any atom is -0.449 e. The summed E-state index contributed by atoms with van der Waals surface area (Å²) in [5, 5.41) is 2.76. The number of rotatable bonds is 6. The first kappa shape index (κ1) is 16.5. The topological polar surface area (TPSA) is 89.5 Å². The molecule has 1 aromatic carbocycles. The summed E-state index contributed by atoms with van der Waals surface area (Å²) in [6, 6.07) is 6.41. The van der Waals surface area contributed by atoms with Crippen LogP contribution < -0.4 is 5.32 Å². The zero-order valence-corrected chi connectivity index (χ0v) is 13.4. The van der Waals surface area contributed by atoms with Crippen LogP contribution in [0.2, 0.25) is 0 Å². The Morgan fingerprint density at radius 2 is 2.05 bits per heavy atom. The molecule has 1 aliphatic rings. The number of esters is 1. The molecule has 6 nitrogen and oxygen atoms in total. The van der Waals surface area contributed by atoms with Crippen LogP contribution >= 0.6 is 0 Å². The number of hydrogen-bond acceptors (Lipinski definition) is 5. The van der Waals surface area contributed by atoms with Crippen molar-refractivity contribution in [2.24, 2.45) is 0 Å². The van der Waals surface area contributed by atoms with Gasteiger partial charge in [-0.15, -0.1) is 0 Å². The normalized spacial score (nSPS) is 15.9. The van der Waals surface area contributed by atoms with E-state index in [-0.39, 0.29) is 23.3 Å². The lowest BCUT2D eigenvalue weighted by Crippen LogP contribution is -2.37. The molecule has 120 valence electrons. The lowest BCUT2D eigenvalue weighted by atomic mass is 10.1. The molecule has 0 aliphatic heterocycles. The second-order valence-corrected chi connectivity index (χ2v) is 7.74. The molecule has 1 fully saturated rings. The largest absolute Gasteiger partial charge is 0.449 e. The van der Waals surface area contributed by atoms with Gasteiger partial charge in [0.25, 0.3) is 5.91 Å². The zero-order valence-electron chi connectivity index (χ0n) is 12.5. The quantitative estimate of drug-likeness (QED) is 0.790. The summed E-state index contributed by atoms with van der Waals surface area (Å²) in [5.41, 5.74) is 0.735. The van der Waals surface area contributed by atoms with Gasteiger partial charge in [0.05, 0.1) is 11.3 Å². The lowest BCUT2D eigenvalue weighted by Gasteiger charge is -2.13. The van der Waals surface area contributed by atoms with Gasteiger partial charge in [0.1, 0.15) is 0 Å². The minimum atomic E-state index is -3.18. The maximum atomic E-state index is 12.0. The van der Waals surface area contributed by atoms with Crippen LogP contribution in [0.5, 0.6) is 0 Å². The molecule has 1 saturated carbocycles. The minimum absolute atomic E-state index is 0.147. The molecule has 2 rings (SSSR count). The third kappa shape index (κ3) is 5.14. The number of sulfone groups is 1. The van der Waals surface area contributed by atoms with E-state index in [4.69, 9.17) is 4.74 Å². The number of ether oxygens (including phenoxy) is 1. The van der Waals surface area contributed by atoms with Crippen LogP contribution in [0.3, 0.4) is 0 Å². The zero-order chi connectivity index (χ0) is 16.3. The fraction of sp³-hybridized carbons (Fsp3) is 0.467. The van der Waals surface area contributed by atoms with E-state index >= 15 is 0 Å². The predicted molar refractivity (Wildman–Crippen MR) is 81.0 cm³/mol. The summed E-state index contributed by atoms with van der Waals surface area (Å²) in [6.45, 7) is 1.51. The van der Waals surface area contributed by atoms with Crippen molar-refractivity contribution in [2.45, 2.75) is 37.7 Å². The van der Waals surface area contributed by atoms with Crippen molar-refractivity contribution in [3.8, 4) is 0 Å². The van der Waals surface area contributed by atoms with Crippen LogP contribution in [-0.2, 0) is 25.1 Å². The summed E-state index contributed by atoms with van der Waals surface area (Å²) in [4.78, 5) is 23.8. The maximum Gasteiger partial charge on any atom is 0.338 e. The van der Waals surface area contributed by atoms with E-state index in [1.54, 1.807) is 12.1 Å². The van der Waals surface area contributed by atoms with Crippen molar-refractivity contribution in [1.82, 2.24) is 5.32 Å². The highest BCUT2D eigenvalue weighted by Gasteiger charge is 2.27. The lowest BCUT2D eigenvalue weighted by molar-refractivity contribution is -0.129. The van der Waals surface area contributed by atoms with Crippen molar-refractivity contribution in [1.29, 1.82) is 0 Å². The van der Waals surface area contributed by atoms with Crippen LogP contribution in [-0.4, -0.2) is 38.7 Å². The molecule has 1 aliphatic carbocycles. The van der Waals surface area contributed by atoms with Gasteiger partial charge in [0.2, 0.25) is 0 Å². The van der Waals surface area contributed by atoms with Gasteiger partial charge >= 0.3 is 5.97 Å². The molecule has 22 heavy (non-hydrogen) atoms. The molecule has 0 unspecified atom stereocenters. The first-order valence-electron chi connectivity index (χ1n) is 7.02. The van der Waals surface area contributed by atoms with E-state index < -0.39 is 21.9 Å². The van der Waals surface area contributed by atoms with Crippen molar-refractivity contribution in [3.63, 3.8) is 0 Å². The Bertz CT molecular complexity index is 679. The fourth-order valence-electron chi connectivity index (χ4n) is 1.92. The number of carbonyl (C=O) groups excluding carboxylic acids is 2. The van der Waals surface area contributed by atoms with E-state index in [1.807, 2.05) is 0 Å². The number of nitrogens with one attached hydrogen (secondary N) is 1. The first-order chi connectivity index (χ1) is 10.2. The molecule has 1 N–H and O–H groups in total. The van der Waals surface area contributed by atoms with Crippen molar-refractivity contribution in [3.05, 3.63) is 35.4 Å². The van der Waals surface area contributed by atoms with Gasteiger partial charge < -0.3 is 10.1 Å². The third-order valence-electron chi connectivity index (χ3n) is 3.17. The molecule has 0 bridgehead atoms. The first-order valence-corrected chi connectivity index (χ1v) is 9.08. The Balaban J connectivity index is 1.99. The molecular formula is C15H19NO5S. The number of hydrogen-bond donors (Lipinski definition) is 1. The molecule has 1 amide bonds. The van der Waals surface area contributed by atoms with Crippen molar-refractivity contribution < 1.29 is 22.7 Å². The molecule has 0 aromatic heterocycles. The smallest absolute Gasteiger partial charge is 0.338 e. The Morgan fingerprint density at radius 1 is 1.36 bits per heavy atom. The van der Waals surface area contributed by atoms with Crippen LogP contribution in [0.25, 0.3) is 0 Å². The van der Waals surface area contributed by atoms with Gasteiger partial charge in [-0.05, 0) is 37.5 Å². The number of carbonyl (C=O) groups is 2. The molecule has 0 radical (unpaired) electrons. The predicted octanol–water partition coefficient (Wildman–Crippen LogP) is 1.06.